The summed E-state index contributed by atoms with van der Waals surface area (Å²) in [6.07, 6.45) is 1.03. The van der Waals surface area contributed by atoms with Gasteiger partial charge in [0.05, 0.1) is 22.7 Å². The fraction of sp³-hybridized carbons (Fsp3) is 0.312. The standard InChI is InChI=1S/C16H18N2O3S/c1-10-14(22-11(2)18-10)7-8-17-15(19)9-12-3-5-13(6-4-12)16(20)21/h3-6H,7-9H2,1-2H3,(H,17,19)(H,20,21). The Morgan fingerprint density at radius 1 is 1.23 bits per heavy atom. The van der Waals surface area contributed by atoms with Gasteiger partial charge >= 0.3 is 5.97 Å². The lowest BCUT2D eigenvalue weighted by Crippen LogP contribution is -2.27. The number of thiazole rings is 1. The number of carbonyl (C=O) groups is 2. The van der Waals surface area contributed by atoms with Crippen molar-refractivity contribution < 1.29 is 14.7 Å². The molecule has 0 unspecified atom stereocenters. The fourth-order valence-corrected chi connectivity index (χ4v) is 3.07. The average molecular weight is 318 g/mol. The average Bonchev–Trinajstić information content (AvgIpc) is 2.77. The Labute approximate surface area is 133 Å². The second-order valence-corrected chi connectivity index (χ2v) is 6.31. The molecule has 0 spiro atoms. The van der Waals surface area contributed by atoms with E-state index >= 15 is 0 Å². The third-order valence-corrected chi connectivity index (χ3v) is 4.37. The van der Waals surface area contributed by atoms with Gasteiger partial charge in [-0.25, -0.2) is 9.78 Å². The molecular formula is C16H18N2O3S. The summed E-state index contributed by atoms with van der Waals surface area (Å²) >= 11 is 1.66. The minimum Gasteiger partial charge on any atom is -0.478 e. The van der Waals surface area contributed by atoms with Crippen molar-refractivity contribution in [1.82, 2.24) is 10.3 Å². The molecule has 22 heavy (non-hydrogen) atoms. The molecule has 2 N–H and O–H groups in total. The maximum absolute atomic E-state index is 11.9. The zero-order chi connectivity index (χ0) is 16.1. The van der Waals surface area contributed by atoms with Gasteiger partial charge in [-0.3, -0.25) is 4.79 Å². The van der Waals surface area contributed by atoms with Crippen LogP contribution in [0.1, 0.15) is 31.5 Å². The molecule has 0 aliphatic rings. The Morgan fingerprint density at radius 3 is 2.45 bits per heavy atom. The summed E-state index contributed by atoms with van der Waals surface area (Å²) in [7, 11) is 0. The van der Waals surface area contributed by atoms with Crippen molar-refractivity contribution in [1.29, 1.82) is 0 Å². The molecule has 0 aliphatic carbocycles. The number of aryl methyl sites for hydroxylation is 2. The number of nitrogens with zero attached hydrogens (tertiary/aromatic N) is 1. The highest BCUT2D eigenvalue weighted by molar-refractivity contribution is 7.11. The van der Waals surface area contributed by atoms with Crippen LogP contribution in [0.15, 0.2) is 24.3 Å². The minimum atomic E-state index is -0.966. The summed E-state index contributed by atoms with van der Waals surface area (Å²) in [5, 5.41) is 12.7. The molecule has 0 saturated carbocycles. The van der Waals surface area contributed by atoms with Crippen molar-refractivity contribution >= 4 is 23.2 Å². The first-order valence-corrected chi connectivity index (χ1v) is 7.79. The molecule has 0 aliphatic heterocycles. The van der Waals surface area contributed by atoms with Crippen LogP contribution in [0.25, 0.3) is 0 Å². The third-order valence-electron chi connectivity index (χ3n) is 3.24. The Kier molecular flexibility index (Phi) is 5.27. The van der Waals surface area contributed by atoms with Gasteiger partial charge in [-0.05, 0) is 31.5 Å². The highest BCUT2D eigenvalue weighted by atomic mass is 32.1. The quantitative estimate of drug-likeness (QED) is 0.857. The smallest absolute Gasteiger partial charge is 0.335 e. The molecule has 116 valence electrons. The fourth-order valence-electron chi connectivity index (χ4n) is 2.13. The van der Waals surface area contributed by atoms with Gasteiger partial charge in [0.25, 0.3) is 0 Å². The van der Waals surface area contributed by atoms with Gasteiger partial charge in [0.2, 0.25) is 5.91 Å². The first kappa shape index (κ1) is 16.2. The second-order valence-electron chi connectivity index (χ2n) is 5.02. The number of carbonyl (C=O) groups excluding carboxylic acids is 1. The van der Waals surface area contributed by atoms with Crippen LogP contribution in [0.5, 0.6) is 0 Å². The molecule has 1 heterocycles. The number of hydrogen-bond donors (Lipinski definition) is 2. The van der Waals surface area contributed by atoms with Crippen LogP contribution in [0.2, 0.25) is 0 Å². The number of hydrogen-bond acceptors (Lipinski definition) is 4. The molecule has 1 aromatic carbocycles. The van der Waals surface area contributed by atoms with Crippen LogP contribution in [-0.2, 0) is 17.6 Å². The summed E-state index contributed by atoms with van der Waals surface area (Å²) < 4.78 is 0. The topological polar surface area (TPSA) is 79.3 Å². The molecule has 1 amide bonds. The number of aromatic carboxylic acids is 1. The molecule has 5 nitrogen and oxygen atoms in total. The first-order chi connectivity index (χ1) is 10.5. The van der Waals surface area contributed by atoms with E-state index in [4.69, 9.17) is 5.11 Å². The maximum Gasteiger partial charge on any atom is 0.335 e. The summed E-state index contributed by atoms with van der Waals surface area (Å²) in [6, 6.07) is 6.35. The van der Waals surface area contributed by atoms with Crippen LogP contribution in [0, 0.1) is 13.8 Å². The zero-order valence-electron chi connectivity index (χ0n) is 12.5. The van der Waals surface area contributed by atoms with Crippen molar-refractivity contribution in [3.8, 4) is 0 Å². The van der Waals surface area contributed by atoms with Gasteiger partial charge in [0, 0.05) is 17.8 Å². The molecule has 0 atom stereocenters. The molecule has 2 aromatic rings. The highest BCUT2D eigenvalue weighted by Gasteiger charge is 2.07. The van der Waals surface area contributed by atoms with Crippen molar-refractivity contribution in [3.63, 3.8) is 0 Å². The predicted octanol–water partition coefficient (Wildman–Crippen LogP) is 2.36. The van der Waals surface area contributed by atoms with E-state index in [9.17, 15) is 9.59 Å². The van der Waals surface area contributed by atoms with E-state index in [0.717, 1.165) is 22.7 Å². The van der Waals surface area contributed by atoms with Crippen molar-refractivity contribution in [2.75, 3.05) is 6.54 Å². The van der Waals surface area contributed by atoms with Gasteiger partial charge < -0.3 is 10.4 Å². The van der Waals surface area contributed by atoms with E-state index in [2.05, 4.69) is 10.3 Å². The van der Waals surface area contributed by atoms with E-state index in [1.54, 1.807) is 23.5 Å². The first-order valence-electron chi connectivity index (χ1n) is 6.97. The molecule has 0 fully saturated rings. The van der Waals surface area contributed by atoms with Gasteiger partial charge in [-0.2, -0.15) is 0 Å². The molecule has 2 rings (SSSR count). The van der Waals surface area contributed by atoms with Crippen molar-refractivity contribution in [3.05, 3.63) is 51.0 Å². The molecular weight excluding hydrogens is 300 g/mol. The minimum absolute atomic E-state index is 0.0676. The summed E-state index contributed by atoms with van der Waals surface area (Å²) in [5.41, 5.74) is 2.05. The van der Waals surface area contributed by atoms with Crippen molar-refractivity contribution in [2.45, 2.75) is 26.7 Å². The van der Waals surface area contributed by atoms with E-state index in [0.29, 0.717) is 6.54 Å². The van der Waals surface area contributed by atoms with Gasteiger partial charge in [-0.1, -0.05) is 12.1 Å². The Hall–Kier alpha value is -2.21. The lowest BCUT2D eigenvalue weighted by molar-refractivity contribution is -0.120. The summed E-state index contributed by atoms with van der Waals surface area (Å²) in [6.45, 7) is 4.53. The van der Waals surface area contributed by atoms with Gasteiger partial charge in [0.15, 0.2) is 0 Å². The molecule has 6 heteroatoms. The van der Waals surface area contributed by atoms with Crippen LogP contribution >= 0.6 is 11.3 Å². The Morgan fingerprint density at radius 2 is 1.91 bits per heavy atom. The Balaban J connectivity index is 1.80. The van der Waals surface area contributed by atoms with Crippen LogP contribution in [-0.4, -0.2) is 28.5 Å². The lowest BCUT2D eigenvalue weighted by Gasteiger charge is -2.05. The van der Waals surface area contributed by atoms with E-state index in [-0.39, 0.29) is 17.9 Å². The summed E-state index contributed by atoms with van der Waals surface area (Å²) in [5.74, 6) is -1.03. The molecule has 1 aromatic heterocycles. The molecule has 0 bridgehead atoms. The second kappa shape index (κ2) is 7.17. The van der Waals surface area contributed by atoms with E-state index < -0.39 is 5.97 Å². The number of nitrogens with one attached hydrogen (secondary N) is 1. The third kappa shape index (κ3) is 4.39. The molecule has 0 radical (unpaired) electrons. The zero-order valence-corrected chi connectivity index (χ0v) is 13.4. The van der Waals surface area contributed by atoms with Crippen LogP contribution < -0.4 is 5.32 Å². The van der Waals surface area contributed by atoms with Gasteiger partial charge in [-0.15, -0.1) is 11.3 Å². The van der Waals surface area contributed by atoms with Crippen LogP contribution in [0.3, 0.4) is 0 Å². The number of carboxylic acid groups (broad SMARTS) is 1. The molecule has 0 saturated heterocycles. The monoisotopic (exact) mass is 318 g/mol. The number of carboxylic acids is 1. The number of benzene rings is 1. The largest absolute Gasteiger partial charge is 0.478 e. The van der Waals surface area contributed by atoms with Gasteiger partial charge in [0.1, 0.15) is 0 Å². The normalized spacial score (nSPS) is 10.5. The van der Waals surface area contributed by atoms with E-state index in [1.807, 2.05) is 13.8 Å². The van der Waals surface area contributed by atoms with E-state index in [1.165, 1.54) is 17.0 Å². The maximum atomic E-state index is 11.9. The number of rotatable bonds is 6. The number of amides is 1. The predicted molar refractivity (Wildman–Crippen MR) is 85.4 cm³/mol. The SMILES string of the molecule is Cc1nc(C)c(CCNC(=O)Cc2ccc(C(=O)O)cc2)s1. The number of aromatic nitrogens is 1. The van der Waals surface area contributed by atoms with Crippen LogP contribution in [0.4, 0.5) is 0 Å². The summed E-state index contributed by atoms with van der Waals surface area (Å²) in [4.78, 5) is 28.2. The lowest BCUT2D eigenvalue weighted by atomic mass is 10.1. The highest BCUT2D eigenvalue weighted by Crippen LogP contribution is 2.17. The van der Waals surface area contributed by atoms with Crippen molar-refractivity contribution in [2.24, 2.45) is 0 Å². The Bertz CT molecular complexity index is 677.